The summed E-state index contributed by atoms with van der Waals surface area (Å²) in [5.41, 5.74) is -0.834. The molecular weight excluding hydrogens is 302 g/mol. The van der Waals surface area contributed by atoms with Gasteiger partial charge in [0.1, 0.15) is 5.82 Å². The van der Waals surface area contributed by atoms with Crippen molar-refractivity contribution in [3.05, 3.63) is 22.8 Å². The van der Waals surface area contributed by atoms with E-state index in [4.69, 9.17) is 11.6 Å². The smallest absolute Gasteiger partial charge is 0.365 e. The van der Waals surface area contributed by atoms with Gasteiger partial charge in [-0.3, -0.25) is 0 Å². The molecule has 2 N–H and O–H groups in total. The molecule has 8 heteroatoms. The molecule has 19 heavy (non-hydrogen) atoms. The van der Waals surface area contributed by atoms with E-state index >= 15 is 0 Å². The van der Waals surface area contributed by atoms with Crippen molar-refractivity contribution in [2.45, 2.75) is 25.1 Å². The van der Waals surface area contributed by atoms with Crippen LogP contribution in [0.3, 0.4) is 0 Å². The van der Waals surface area contributed by atoms with Crippen LogP contribution in [0.2, 0.25) is 5.02 Å². The van der Waals surface area contributed by atoms with E-state index in [0.29, 0.717) is 5.82 Å². The summed E-state index contributed by atoms with van der Waals surface area (Å²) in [6.45, 7) is 1.73. The summed E-state index contributed by atoms with van der Waals surface area (Å²) >= 11 is 5.81. The fourth-order valence-corrected chi connectivity index (χ4v) is 2.09. The lowest BCUT2D eigenvalue weighted by atomic mass is 10.1. The van der Waals surface area contributed by atoms with Crippen LogP contribution in [-0.2, 0) is 6.18 Å². The second-order valence-electron chi connectivity index (χ2n) is 4.24. The van der Waals surface area contributed by atoms with Crippen LogP contribution in [0.1, 0.15) is 18.4 Å². The van der Waals surface area contributed by atoms with Gasteiger partial charge in [-0.15, -0.1) is 12.4 Å². The van der Waals surface area contributed by atoms with Gasteiger partial charge in [-0.1, -0.05) is 11.6 Å². The van der Waals surface area contributed by atoms with E-state index in [9.17, 15) is 13.2 Å². The average Bonchev–Trinajstić information content (AvgIpc) is 2.32. The third kappa shape index (κ3) is 4.40. The first-order chi connectivity index (χ1) is 8.47. The molecule has 2 heterocycles. The van der Waals surface area contributed by atoms with Crippen molar-refractivity contribution in [2.24, 2.45) is 0 Å². The topological polar surface area (TPSA) is 37.0 Å². The number of piperidine rings is 1. The number of alkyl halides is 3. The quantitative estimate of drug-likeness (QED) is 0.879. The fourth-order valence-electron chi connectivity index (χ4n) is 1.87. The molecular formula is C11H14Cl2F3N3. The van der Waals surface area contributed by atoms with Gasteiger partial charge in [-0.2, -0.15) is 13.2 Å². The van der Waals surface area contributed by atoms with Gasteiger partial charge >= 0.3 is 6.18 Å². The number of hydrogen-bond acceptors (Lipinski definition) is 3. The van der Waals surface area contributed by atoms with Crippen molar-refractivity contribution >= 4 is 29.8 Å². The molecule has 1 atom stereocenters. The van der Waals surface area contributed by atoms with Crippen LogP contribution in [0.4, 0.5) is 19.0 Å². The third-order valence-corrected chi connectivity index (χ3v) is 3.09. The number of anilines is 1. The maximum Gasteiger partial charge on any atom is 0.417 e. The number of rotatable bonds is 2. The monoisotopic (exact) mass is 315 g/mol. The van der Waals surface area contributed by atoms with E-state index in [2.05, 4.69) is 15.6 Å². The minimum Gasteiger partial charge on any atom is -0.365 e. The van der Waals surface area contributed by atoms with Gasteiger partial charge in [0.2, 0.25) is 0 Å². The molecule has 1 aliphatic rings. The van der Waals surface area contributed by atoms with Crippen LogP contribution in [0.15, 0.2) is 12.3 Å². The molecule has 1 saturated heterocycles. The molecule has 0 aromatic carbocycles. The molecule has 1 aromatic rings. The number of pyridine rings is 1. The Hall–Kier alpha value is -0.720. The largest absolute Gasteiger partial charge is 0.417 e. The summed E-state index contributed by atoms with van der Waals surface area (Å²) in [5.74, 6) is 0.304. The van der Waals surface area contributed by atoms with Gasteiger partial charge < -0.3 is 10.6 Å². The molecule has 0 bridgehead atoms. The minimum atomic E-state index is -4.42. The SMILES string of the molecule is Cl.FC(F)(F)c1cnc(N[C@@H]2CCCNC2)c(Cl)c1. The van der Waals surface area contributed by atoms with E-state index in [1.54, 1.807) is 0 Å². The van der Waals surface area contributed by atoms with Gasteiger partial charge in [0.05, 0.1) is 10.6 Å². The zero-order valence-corrected chi connectivity index (χ0v) is 11.5. The van der Waals surface area contributed by atoms with Crippen molar-refractivity contribution < 1.29 is 13.2 Å². The van der Waals surface area contributed by atoms with E-state index in [0.717, 1.165) is 38.2 Å². The van der Waals surface area contributed by atoms with E-state index < -0.39 is 11.7 Å². The molecule has 108 valence electrons. The summed E-state index contributed by atoms with van der Waals surface area (Å²) in [4.78, 5) is 3.75. The molecule has 0 saturated carbocycles. The summed E-state index contributed by atoms with van der Waals surface area (Å²) in [7, 11) is 0. The average molecular weight is 316 g/mol. The summed E-state index contributed by atoms with van der Waals surface area (Å²) < 4.78 is 37.3. The lowest BCUT2D eigenvalue weighted by molar-refractivity contribution is -0.137. The number of halogens is 5. The Labute approximate surface area is 120 Å². The normalized spacial score (nSPS) is 19.7. The Bertz CT molecular complexity index is 420. The standard InChI is InChI=1S/C11H13ClF3N3.ClH/c12-9-4-7(11(13,14)15)5-17-10(9)18-8-2-1-3-16-6-8;/h4-5,8,16H,1-3,6H2,(H,17,18);1H/t8-;/m1./s1. The number of aromatic nitrogens is 1. The van der Waals surface area contributed by atoms with Crippen molar-refractivity contribution in [2.75, 3.05) is 18.4 Å². The Morgan fingerprint density at radius 2 is 2.16 bits per heavy atom. The molecule has 0 radical (unpaired) electrons. The molecule has 3 nitrogen and oxygen atoms in total. The van der Waals surface area contributed by atoms with E-state index in [1.165, 1.54) is 0 Å². The Balaban J connectivity index is 0.00000180. The van der Waals surface area contributed by atoms with Crippen LogP contribution in [0, 0.1) is 0 Å². The van der Waals surface area contributed by atoms with Crippen LogP contribution in [-0.4, -0.2) is 24.1 Å². The third-order valence-electron chi connectivity index (χ3n) is 2.81. The maximum atomic E-state index is 12.4. The van der Waals surface area contributed by atoms with E-state index in [-0.39, 0.29) is 23.5 Å². The fraction of sp³-hybridized carbons (Fsp3) is 0.545. The second kappa shape index (κ2) is 6.63. The summed E-state index contributed by atoms with van der Waals surface area (Å²) in [6.07, 6.45) is -1.64. The number of nitrogens with one attached hydrogen (secondary N) is 2. The second-order valence-corrected chi connectivity index (χ2v) is 4.65. The molecule has 1 fully saturated rings. The highest BCUT2D eigenvalue weighted by Crippen LogP contribution is 2.32. The van der Waals surface area contributed by atoms with Crippen LogP contribution >= 0.6 is 24.0 Å². The predicted molar refractivity (Wildman–Crippen MR) is 71.0 cm³/mol. The van der Waals surface area contributed by atoms with Crippen molar-refractivity contribution in [1.29, 1.82) is 0 Å². The van der Waals surface area contributed by atoms with Gasteiger partial charge in [-0.05, 0) is 25.5 Å². The van der Waals surface area contributed by atoms with Gasteiger partial charge in [0, 0.05) is 18.8 Å². The molecule has 1 aromatic heterocycles. The molecule has 2 rings (SSSR count). The van der Waals surface area contributed by atoms with E-state index in [1.807, 2.05) is 0 Å². The Kier molecular flexibility index (Phi) is 5.70. The highest BCUT2D eigenvalue weighted by Gasteiger charge is 2.31. The van der Waals surface area contributed by atoms with Gasteiger partial charge in [-0.25, -0.2) is 4.98 Å². The first kappa shape index (κ1) is 16.3. The van der Waals surface area contributed by atoms with Crippen LogP contribution in [0.5, 0.6) is 0 Å². The molecule has 0 aliphatic carbocycles. The number of hydrogen-bond donors (Lipinski definition) is 2. The minimum absolute atomic E-state index is 0. The Morgan fingerprint density at radius 1 is 1.42 bits per heavy atom. The van der Waals surface area contributed by atoms with Gasteiger partial charge in [0.15, 0.2) is 0 Å². The molecule has 0 unspecified atom stereocenters. The lowest BCUT2D eigenvalue weighted by Gasteiger charge is -2.24. The van der Waals surface area contributed by atoms with Crippen LogP contribution < -0.4 is 10.6 Å². The summed E-state index contributed by atoms with van der Waals surface area (Å²) in [5, 5.41) is 6.25. The van der Waals surface area contributed by atoms with Crippen molar-refractivity contribution in [3.8, 4) is 0 Å². The number of nitrogens with zero attached hydrogens (tertiary/aromatic N) is 1. The highest BCUT2D eigenvalue weighted by atomic mass is 35.5. The maximum absolute atomic E-state index is 12.4. The molecule has 0 spiro atoms. The van der Waals surface area contributed by atoms with Gasteiger partial charge in [0.25, 0.3) is 0 Å². The highest BCUT2D eigenvalue weighted by molar-refractivity contribution is 6.33. The molecule has 1 aliphatic heterocycles. The summed E-state index contributed by atoms with van der Waals surface area (Å²) in [6, 6.07) is 1.05. The zero-order chi connectivity index (χ0) is 13.2. The first-order valence-corrected chi connectivity index (χ1v) is 6.04. The Morgan fingerprint density at radius 3 is 2.68 bits per heavy atom. The van der Waals surface area contributed by atoms with Crippen molar-refractivity contribution in [3.63, 3.8) is 0 Å². The molecule has 0 amide bonds. The lowest BCUT2D eigenvalue weighted by Crippen LogP contribution is -2.38. The first-order valence-electron chi connectivity index (χ1n) is 5.67. The van der Waals surface area contributed by atoms with Crippen molar-refractivity contribution in [1.82, 2.24) is 10.3 Å². The zero-order valence-electron chi connectivity index (χ0n) is 9.93. The van der Waals surface area contributed by atoms with Crippen LogP contribution in [0.25, 0.3) is 0 Å². The predicted octanol–water partition coefficient (Wildman–Crippen LogP) is 3.34.